The van der Waals surface area contributed by atoms with Crippen molar-refractivity contribution in [2.75, 3.05) is 32.7 Å². The van der Waals surface area contributed by atoms with Crippen LogP contribution in [0.3, 0.4) is 0 Å². The molecule has 0 saturated carbocycles. The van der Waals surface area contributed by atoms with Gasteiger partial charge in [-0.2, -0.15) is 4.31 Å². The number of ketones is 1. The zero-order valence-electron chi connectivity index (χ0n) is 19.1. The summed E-state index contributed by atoms with van der Waals surface area (Å²) in [6.07, 6.45) is 1.61. The lowest BCUT2D eigenvalue weighted by Crippen LogP contribution is -2.49. The molecule has 4 rings (SSSR count). The van der Waals surface area contributed by atoms with E-state index in [1.165, 1.54) is 9.71 Å². The number of nitrogens with zero attached hydrogens (tertiary/aromatic N) is 4. The number of aromatic nitrogens is 2. The fourth-order valence-corrected chi connectivity index (χ4v) is 5.27. The Balaban J connectivity index is 1.37. The van der Waals surface area contributed by atoms with E-state index in [2.05, 4.69) is 5.16 Å². The lowest BCUT2D eigenvalue weighted by Gasteiger charge is -2.32. The molecule has 2 aromatic heterocycles. The summed E-state index contributed by atoms with van der Waals surface area (Å²) in [6.45, 7) is 7.62. The molecule has 0 aliphatic carbocycles. The van der Waals surface area contributed by atoms with E-state index in [9.17, 15) is 13.2 Å². The number of rotatable bonds is 7. The van der Waals surface area contributed by atoms with Crippen LogP contribution in [-0.2, 0) is 10.0 Å². The zero-order valence-corrected chi connectivity index (χ0v) is 19.9. The van der Waals surface area contributed by atoms with Crippen molar-refractivity contribution < 1.29 is 17.7 Å². The Bertz CT molecular complexity index is 1270. The predicted molar refractivity (Wildman–Crippen MR) is 127 cm³/mol. The molecule has 8 nitrogen and oxygen atoms in total. The molecule has 1 aliphatic heterocycles. The molecule has 1 aromatic carbocycles. The minimum atomic E-state index is -3.50. The summed E-state index contributed by atoms with van der Waals surface area (Å²) in [5.41, 5.74) is 3.21. The van der Waals surface area contributed by atoms with Gasteiger partial charge in [0, 0.05) is 54.6 Å². The van der Waals surface area contributed by atoms with Crippen molar-refractivity contribution in [1.82, 2.24) is 18.9 Å². The number of sulfonamides is 1. The molecule has 174 valence electrons. The number of hydrogen-bond donors (Lipinski definition) is 0. The average Bonchev–Trinajstić information content (AvgIpc) is 3.35. The lowest BCUT2D eigenvalue weighted by molar-refractivity contribution is 0.0901. The molecule has 0 unspecified atom stereocenters. The Morgan fingerprint density at radius 2 is 1.76 bits per heavy atom. The number of Topliss-reactive ketones (excluding diaryl/α,β-unsaturated/α-hetero) is 1. The fourth-order valence-electron chi connectivity index (χ4n) is 4.10. The molecular weight excluding hydrogens is 440 g/mol. The summed E-state index contributed by atoms with van der Waals surface area (Å²) in [5, 5.41) is 5.31. The van der Waals surface area contributed by atoms with Crippen LogP contribution in [-0.4, -0.2) is 65.9 Å². The standard InChI is InChI=1S/C24H28N4O4S/c1-18-15-22(20(3)28(18)24-16-19(2)32-25-24)23(29)17-26-10-12-27(13-11-26)33(30,31)14-9-21-7-5-4-6-8-21/h4-9,14-16H,10-13,17H2,1-3H3/b14-9+. The molecule has 0 bridgehead atoms. The third-order valence-corrected chi connectivity index (χ3v) is 7.43. The summed E-state index contributed by atoms with van der Waals surface area (Å²) in [6, 6.07) is 13.0. The Hall–Kier alpha value is -3.01. The van der Waals surface area contributed by atoms with Crippen molar-refractivity contribution >= 4 is 21.9 Å². The molecule has 3 aromatic rings. The molecule has 33 heavy (non-hydrogen) atoms. The van der Waals surface area contributed by atoms with Gasteiger partial charge < -0.3 is 4.52 Å². The van der Waals surface area contributed by atoms with Gasteiger partial charge in [0.1, 0.15) is 5.76 Å². The van der Waals surface area contributed by atoms with Crippen LogP contribution in [0.4, 0.5) is 0 Å². The second-order valence-electron chi connectivity index (χ2n) is 8.27. The third kappa shape index (κ3) is 5.16. The van der Waals surface area contributed by atoms with Crippen LogP contribution in [0.25, 0.3) is 11.9 Å². The van der Waals surface area contributed by atoms with Gasteiger partial charge in [0.2, 0.25) is 10.0 Å². The van der Waals surface area contributed by atoms with Crippen molar-refractivity contribution in [2.45, 2.75) is 20.8 Å². The topological polar surface area (TPSA) is 88.7 Å². The van der Waals surface area contributed by atoms with Crippen molar-refractivity contribution in [2.24, 2.45) is 0 Å². The number of aryl methyl sites for hydroxylation is 2. The summed E-state index contributed by atoms with van der Waals surface area (Å²) in [4.78, 5) is 15.0. The van der Waals surface area contributed by atoms with E-state index in [1.54, 1.807) is 6.08 Å². The van der Waals surface area contributed by atoms with Gasteiger partial charge in [-0.1, -0.05) is 35.5 Å². The number of hydrogen-bond acceptors (Lipinski definition) is 6. The van der Waals surface area contributed by atoms with Crippen LogP contribution < -0.4 is 0 Å². The summed E-state index contributed by atoms with van der Waals surface area (Å²) >= 11 is 0. The van der Waals surface area contributed by atoms with E-state index in [0.717, 1.165) is 17.0 Å². The molecule has 1 fully saturated rings. The van der Waals surface area contributed by atoms with E-state index in [-0.39, 0.29) is 12.3 Å². The van der Waals surface area contributed by atoms with Gasteiger partial charge in [-0.3, -0.25) is 14.3 Å². The highest BCUT2D eigenvalue weighted by Crippen LogP contribution is 2.22. The number of piperazine rings is 1. The van der Waals surface area contributed by atoms with Crippen molar-refractivity contribution in [3.8, 4) is 5.82 Å². The normalized spacial score (nSPS) is 16.0. The molecule has 0 spiro atoms. The van der Waals surface area contributed by atoms with Crippen molar-refractivity contribution in [3.63, 3.8) is 0 Å². The van der Waals surface area contributed by atoms with Gasteiger partial charge >= 0.3 is 0 Å². The molecule has 0 N–H and O–H groups in total. The van der Waals surface area contributed by atoms with Gasteiger partial charge in [0.15, 0.2) is 11.6 Å². The molecular formula is C24H28N4O4S. The first-order chi connectivity index (χ1) is 15.7. The van der Waals surface area contributed by atoms with E-state index < -0.39 is 10.0 Å². The summed E-state index contributed by atoms with van der Waals surface area (Å²) in [5.74, 6) is 1.37. The first-order valence-electron chi connectivity index (χ1n) is 10.9. The first kappa shape index (κ1) is 23.2. The molecule has 9 heteroatoms. The fraction of sp³-hybridized carbons (Fsp3) is 0.333. The van der Waals surface area contributed by atoms with Gasteiger partial charge in [0.05, 0.1) is 6.54 Å². The summed E-state index contributed by atoms with van der Waals surface area (Å²) < 4.78 is 33.9. The highest BCUT2D eigenvalue weighted by Gasteiger charge is 2.27. The zero-order chi connectivity index (χ0) is 23.6. The highest BCUT2D eigenvalue weighted by molar-refractivity contribution is 7.92. The molecule has 0 atom stereocenters. The monoisotopic (exact) mass is 468 g/mol. The number of carbonyl (C=O) groups excluding carboxylic acids is 1. The Morgan fingerprint density at radius 3 is 2.39 bits per heavy atom. The van der Waals surface area contributed by atoms with Gasteiger partial charge in [-0.05, 0) is 38.5 Å². The SMILES string of the molecule is Cc1cc(-n2c(C)cc(C(=O)CN3CCN(S(=O)(=O)/C=C/c4ccccc4)CC3)c2C)no1. The smallest absolute Gasteiger partial charge is 0.236 e. The van der Waals surface area contributed by atoms with Crippen molar-refractivity contribution in [3.05, 3.63) is 76.1 Å². The van der Waals surface area contributed by atoms with Gasteiger partial charge in [-0.15, -0.1) is 0 Å². The van der Waals surface area contributed by atoms with E-state index >= 15 is 0 Å². The largest absolute Gasteiger partial charge is 0.360 e. The maximum atomic E-state index is 13.0. The second-order valence-corrected chi connectivity index (χ2v) is 10.1. The third-order valence-electron chi connectivity index (χ3n) is 5.87. The maximum absolute atomic E-state index is 13.0. The Labute approximate surface area is 194 Å². The van der Waals surface area contributed by atoms with Gasteiger partial charge in [0.25, 0.3) is 0 Å². The highest BCUT2D eigenvalue weighted by atomic mass is 32.2. The molecule has 3 heterocycles. The lowest BCUT2D eigenvalue weighted by atomic mass is 10.1. The van der Waals surface area contributed by atoms with Crippen LogP contribution in [0.2, 0.25) is 0 Å². The molecule has 0 amide bonds. The molecule has 1 saturated heterocycles. The first-order valence-corrected chi connectivity index (χ1v) is 12.4. The minimum absolute atomic E-state index is 0.00912. The average molecular weight is 469 g/mol. The van der Waals surface area contributed by atoms with Crippen LogP contribution in [0.15, 0.2) is 52.4 Å². The quantitative estimate of drug-likeness (QED) is 0.495. The summed E-state index contributed by atoms with van der Waals surface area (Å²) in [7, 11) is -3.50. The van der Waals surface area contributed by atoms with Crippen molar-refractivity contribution in [1.29, 1.82) is 0 Å². The number of carbonyl (C=O) groups is 1. The van der Waals surface area contributed by atoms with Crippen LogP contribution >= 0.6 is 0 Å². The molecule has 0 radical (unpaired) electrons. The minimum Gasteiger partial charge on any atom is -0.360 e. The van der Waals surface area contributed by atoms with E-state index in [1.807, 2.05) is 72.7 Å². The number of benzene rings is 1. The Morgan fingerprint density at radius 1 is 1.06 bits per heavy atom. The maximum Gasteiger partial charge on any atom is 0.236 e. The van der Waals surface area contributed by atoms with Crippen LogP contribution in [0.5, 0.6) is 0 Å². The van der Waals surface area contributed by atoms with Gasteiger partial charge in [-0.25, -0.2) is 8.42 Å². The predicted octanol–water partition coefficient (Wildman–Crippen LogP) is 3.19. The van der Waals surface area contributed by atoms with E-state index in [0.29, 0.717) is 43.3 Å². The molecule has 1 aliphatic rings. The Kier molecular flexibility index (Phi) is 6.64. The van der Waals surface area contributed by atoms with Crippen LogP contribution in [0, 0.1) is 20.8 Å². The second kappa shape index (κ2) is 9.46. The van der Waals surface area contributed by atoms with Crippen LogP contribution in [0.1, 0.15) is 33.1 Å². The van der Waals surface area contributed by atoms with E-state index in [4.69, 9.17) is 4.52 Å².